The number of halogens is 3. The Hall–Kier alpha value is -3.38. The summed E-state index contributed by atoms with van der Waals surface area (Å²) >= 11 is 0. The molecule has 0 spiro atoms. The smallest absolute Gasteiger partial charge is 0.406 e. The summed E-state index contributed by atoms with van der Waals surface area (Å²) in [6.45, 7) is 1.31. The highest BCUT2D eigenvalue weighted by Crippen LogP contribution is 2.30. The highest BCUT2D eigenvalue weighted by Gasteiger charge is 2.28. The zero-order valence-electron chi connectivity index (χ0n) is 19.2. The molecule has 2 aromatic heterocycles. The Morgan fingerprint density at radius 3 is 2.65 bits per heavy atom. The molecule has 2 N–H and O–H groups in total. The Morgan fingerprint density at radius 2 is 1.97 bits per heavy atom. The Morgan fingerprint density at radius 1 is 1.18 bits per heavy atom. The van der Waals surface area contributed by atoms with E-state index >= 15 is 0 Å². The molecule has 1 saturated heterocycles. The molecule has 6 nitrogen and oxygen atoms in total. The third-order valence-electron chi connectivity index (χ3n) is 5.88. The van der Waals surface area contributed by atoms with Crippen molar-refractivity contribution in [2.45, 2.75) is 31.6 Å². The van der Waals surface area contributed by atoms with Gasteiger partial charge >= 0.3 is 6.18 Å². The normalized spacial score (nSPS) is 15.1. The SMILES string of the molecule is COc1ccc(NCC#Cc2cc(NC3CCN(C)CC3)c3ccn(CC(F)(F)F)c3c2)cn1. The third kappa shape index (κ3) is 6.14. The number of piperidine rings is 1. The van der Waals surface area contributed by atoms with Gasteiger partial charge in [0.2, 0.25) is 5.88 Å². The molecule has 180 valence electrons. The van der Waals surface area contributed by atoms with E-state index in [0.29, 0.717) is 23.5 Å². The van der Waals surface area contributed by atoms with Crippen LogP contribution in [0.15, 0.2) is 42.7 Å². The summed E-state index contributed by atoms with van der Waals surface area (Å²) in [6, 6.07) is 9.27. The number of anilines is 2. The molecule has 4 rings (SSSR count). The minimum Gasteiger partial charge on any atom is -0.481 e. The van der Waals surface area contributed by atoms with E-state index < -0.39 is 12.7 Å². The minimum atomic E-state index is -4.30. The second-order valence-electron chi connectivity index (χ2n) is 8.48. The van der Waals surface area contributed by atoms with Crippen LogP contribution in [-0.2, 0) is 6.54 Å². The van der Waals surface area contributed by atoms with Gasteiger partial charge in [-0.15, -0.1) is 0 Å². The molecule has 0 atom stereocenters. The summed E-state index contributed by atoms with van der Waals surface area (Å²) < 4.78 is 45.7. The van der Waals surface area contributed by atoms with Crippen LogP contribution in [0, 0.1) is 11.8 Å². The quantitative estimate of drug-likeness (QED) is 0.516. The number of benzene rings is 1. The zero-order chi connectivity index (χ0) is 24.1. The lowest BCUT2D eigenvalue weighted by Gasteiger charge is -2.30. The monoisotopic (exact) mass is 471 g/mol. The number of likely N-dealkylation sites (tertiary alicyclic amines) is 1. The fourth-order valence-corrected chi connectivity index (χ4v) is 4.09. The van der Waals surface area contributed by atoms with Gasteiger partial charge in [-0.1, -0.05) is 11.8 Å². The van der Waals surface area contributed by atoms with Crippen molar-refractivity contribution < 1.29 is 17.9 Å². The summed E-state index contributed by atoms with van der Waals surface area (Å²) in [5.74, 6) is 6.67. The largest absolute Gasteiger partial charge is 0.481 e. The number of methoxy groups -OCH3 is 1. The van der Waals surface area contributed by atoms with Gasteiger partial charge in [0.05, 0.1) is 31.1 Å². The van der Waals surface area contributed by atoms with Gasteiger partial charge in [0, 0.05) is 34.9 Å². The van der Waals surface area contributed by atoms with Crippen molar-refractivity contribution in [3.63, 3.8) is 0 Å². The summed E-state index contributed by atoms with van der Waals surface area (Å²) in [6.07, 6.45) is 0.813. The van der Waals surface area contributed by atoms with Gasteiger partial charge < -0.3 is 24.8 Å². The predicted octanol–water partition coefficient (Wildman–Crippen LogP) is 4.58. The first-order valence-electron chi connectivity index (χ1n) is 11.2. The van der Waals surface area contributed by atoms with Gasteiger partial charge in [0.1, 0.15) is 6.54 Å². The molecule has 0 amide bonds. The molecule has 0 saturated carbocycles. The van der Waals surface area contributed by atoms with Crippen molar-refractivity contribution in [1.82, 2.24) is 14.5 Å². The fraction of sp³-hybridized carbons (Fsp3) is 0.400. The summed E-state index contributed by atoms with van der Waals surface area (Å²) in [7, 11) is 3.65. The highest BCUT2D eigenvalue weighted by atomic mass is 19.4. The van der Waals surface area contributed by atoms with Crippen molar-refractivity contribution in [1.29, 1.82) is 0 Å². The number of hydrogen-bond donors (Lipinski definition) is 2. The lowest BCUT2D eigenvalue weighted by Crippen LogP contribution is -2.36. The van der Waals surface area contributed by atoms with Gasteiger partial charge in [0.25, 0.3) is 0 Å². The van der Waals surface area contributed by atoms with E-state index in [9.17, 15) is 13.2 Å². The van der Waals surface area contributed by atoms with E-state index in [4.69, 9.17) is 4.74 Å². The topological polar surface area (TPSA) is 54.4 Å². The Labute approximate surface area is 197 Å². The first kappa shape index (κ1) is 23.8. The van der Waals surface area contributed by atoms with Gasteiger partial charge in [0.15, 0.2) is 0 Å². The maximum Gasteiger partial charge on any atom is 0.406 e. The summed E-state index contributed by atoms with van der Waals surface area (Å²) in [5.41, 5.74) is 2.81. The van der Waals surface area contributed by atoms with Gasteiger partial charge in [-0.25, -0.2) is 4.98 Å². The van der Waals surface area contributed by atoms with E-state index in [1.54, 1.807) is 31.5 Å². The summed E-state index contributed by atoms with van der Waals surface area (Å²) in [4.78, 5) is 6.41. The van der Waals surface area contributed by atoms with Crippen LogP contribution in [0.3, 0.4) is 0 Å². The van der Waals surface area contributed by atoms with Gasteiger partial charge in [-0.05, 0) is 57.2 Å². The number of alkyl halides is 3. The van der Waals surface area contributed by atoms with Crippen molar-refractivity contribution >= 4 is 22.3 Å². The third-order valence-corrected chi connectivity index (χ3v) is 5.88. The predicted molar refractivity (Wildman–Crippen MR) is 128 cm³/mol. The van der Waals surface area contributed by atoms with Crippen LogP contribution in [0.1, 0.15) is 18.4 Å². The van der Waals surface area contributed by atoms with Gasteiger partial charge in [-0.2, -0.15) is 13.2 Å². The molecular weight excluding hydrogens is 443 g/mol. The van der Waals surface area contributed by atoms with Crippen LogP contribution >= 0.6 is 0 Å². The minimum absolute atomic E-state index is 0.276. The van der Waals surface area contributed by atoms with Gasteiger partial charge in [-0.3, -0.25) is 0 Å². The maximum atomic E-state index is 13.1. The Bertz CT molecular complexity index is 1170. The number of ether oxygens (including phenoxy) is 1. The lowest BCUT2D eigenvalue weighted by atomic mass is 10.0. The second kappa shape index (κ2) is 10.3. The number of nitrogens with one attached hydrogen (secondary N) is 2. The van der Waals surface area contributed by atoms with E-state index in [0.717, 1.165) is 42.7 Å². The van der Waals surface area contributed by atoms with Crippen LogP contribution in [0.5, 0.6) is 5.88 Å². The van der Waals surface area contributed by atoms with Crippen LogP contribution in [0.2, 0.25) is 0 Å². The standard InChI is InChI=1S/C25H28F3N5O/c1-32-11-7-19(8-12-32)31-22-14-18(4-3-10-29-20-5-6-24(34-2)30-16-20)15-23-21(22)9-13-33(23)17-25(26,27)28/h5-6,9,13-16,19,29,31H,7-8,10-12,17H2,1-2H3. The highest BCUT2D eigenvalue weighted by molar-refractivity contribution is 5.94. The number of hydrogen-bond acceptors (Lipinski definition) is 5. The molecule has 0 unspecified atom stereocenters. The molecule has 0 radical (unpaired) electrons. The Balaban J connectivity index is 1.56. The molecule has 3 aromatic rings. The average molecular weight is 472 g/mol. The number of fused-ring (bicyclic) bond motifs is 1. The average Bonchev–Trinajstić information content (AvgIpc) is 3.20. The van der Waals surface area contributed by atoms with Crippen molar-refractivity contribution in [3.8, 4) is 17.7 Å². The van der Waals surface area contributed by atoms with Crippen molar-refractivity contribution in [3.05, 3.63) is 48.3 Å². The summed E-state index contributed by atoms with van der Waals surface area (Å²) in [5, 5.41) is 7.50. The van der Waals surface area contributed by atoms with Crippen LogP contribution < -0.4 is 15.4 Å². The number of pyridine rings is 1. The Kier molecular flexibility index (Phi) is 7.17. The first-order valence-corrected chi connectivity index (χ1v) is 11.2. The molecule has 3 heterocycles. The van der Waals surface area contributed by atoms with E-state index in [2.05, 4.69) is 39.4 Å². The van der Waals surface area contributed by atoms with Crippen LogP contribution in [0.4, 0.5) is 24.5 Å². The molecule has 9 heteroatoms. The first-order chi connectivity index (χ1) is 16.3. The zero-order valence-corrected chi connectivity index (χ0v) is 19.2. The molecule has 1 aliphatic heterocycles. The molecule has 1 aromatic carbocycles. The number of aromatic nitrogens is 2. The molecule has 0 aliphatic carbocycles. The van der Waals surface area contributed by atoms with E-state index in [-0.39, 0.29) is 6.04 Å². The number of nitrogens with zero attached hydrogens (tertiary/aromatic N) is 3. The molecule has 1 aliphatic rings. The van der Waals surface area contributed by atoms with Crippen LogP contribution in [-0.4, -0.2) is 60.5 Å². The van der Waals surface area contributed by atoms with E-state index in [1.165, 1.54) is 10.8 Å². The van der Waals surface area contributed by atoms with E-state index in [1.807, 2.05) is 12.1 Å². The fourth-order valence-electron chi connectivity index (χ4n) is 4.09. The van der Waals surface area contributed by atoms with Crippen LogP contribution in [0.25, 0.3) is 10.9 Å². The molecular formula is C25H28F3N5O. The molecule has 0 bridgehead atoms. The van der Waals surface area contributed by atoms with Crippen molar-refractivity contribution in [2.24, 2.45) is 0 Å². The molecule has 34 heavy (non-hydrogen) atoms. The lowest BCUT2D eigenvalue weighted by molar-refractivity contribution is -0.139. The maximum absolute atomic E-state index is 13.1. The number of rotatable bonds is 6. The van der Waals surface area contributed by atoms with Crippen molar-refractivity contribution in [2.75, 3.05) is 44.4 Å². The second-order valence-corrected chi connectivity index (χ2v) is 8.48. The molecule has 1 fully saturated rings.